The Hall–Kier alpha value is -2.61. The Labute approximate surface area is 162 Å². The number of aromatic nitrogens is 5. The van der Waals surface area contributed by atoms with Crippen molar-refractivity contribution in [3.8, 4) is 11.4 Å². The highest BCUT2D eigenvalue weighted by atomic mass is 32.2. The molecule has 4 rings (SSSR count). The van der Waals surface area contributed by atoms with Crippen LogP contribution in [0, 0.1) is 0 Å². The highest BCUT2D eigenvalue weighted by Crippen LogP contribution is 2.31. The molecule has 1 unspecified atom stereocenters. The maximum Gasteiger partial charge on any atom is 0.240 e. The lowest BCUT2D eigenvalue weighted by molar-refractivity contribution is -0.119. The van der Waals surface area contributed by atoms with E-state index in [9.17, 15) is 4.79 Å². The third kappa shape index (κ3) is 3.75. The average molecular weight is 382 g/mol. The van der Waals surface area contributed by atoms with Gasteiger partial charge in [-0.15, -0.1) is 5.10 Å². The van der Waals surface area contributed by atoms with Gasteiger partial charge >= 0.3 is 0 Å². The van der Waals surface area contributed by atoms with E-state index in [-0.39, 0.29) is 11.2 Å². The predicted octanol–water partition coefficient (Wildman–Crippen LogP) is 3.06. The number of aromatic amines is 1. The van der Waals surface area contributed by atoms with Crippen LogP contribution in [0.3, 0.4) is 0 Å². The molecule has 1 fully saturated rings. The van der Waals surface area contributed by atoms with Crippen molar-refractivity contribution >= 4 is 23.4 Å². The first-order chi connectivity index (χ1) is 13.1. The molecule has 1 saturated heterocycles. The summed E-state index contributed by atoms with van der Waals surface area (Å²) in [5.41, 5.74) is 3.13. The first-order valence-electron chi connectivity index (χ1n) is 9.12. The van der Waals surface area contributed by atoms with Crippen molar-refractivity contribution < 1.29 is 4.79 Å². The van der Waals surface area contributed by atoms with Crippen LogP contribution >= 0.6 is 11.8 Å². The maximum absolute atomic E-state index is 12.9. The van der Waals surface area contributed by atoms with Gasteiger partial charge in [-0.2, -0.15) is 5.10 Å². The maximum atomic E-state index is 12.9. The molecule has 2 aromatic heterocycles. The number of aryl methyl sites for hydroxylation is 2. The van der Waals surface area contributed by atoms with Crippen molar-refractivity contribution in [3.05, 3.63) is 42.2 Å². The third-order valence-electron chi connectivity index (χ3n) is 4.74. The summed E-state index contributed by atoms with van der Waals surface area (Å²) in [4.78, 5) is 19.3. The van der Waals surface area contributed by atoms with Crippen LogP contribution < -0.4 is 4.90 Å². The van der Waals surface area contributed by atoms with E-state index in [1.165, 1.54) is 17.3 Å². The molecule has 1 aliphatic heterocycles. The van der Waals surface area contributed by atoms with E-state index in [0.29, 0.717) is 5.16 Å². The Balaban J connectivity index is 1.47. The number of carbonyl (C=O) groups is 1. The molecule has 27 heavy (non-hydrogen) atoms. The van der Waals surface area contributed by atoms with Crippen LogP contribution in [0.15, 0.2) is 41.8 Å². The van der Waals surface area contributed by atoms with E-state index in [4.69, 9.17) is 0 Å². The van der Waals surface area contributed by atoms with E-state index in [2.05, 4.69) is 39.3 Å². The van der Waals surface area contributed by atoms with Crippen LogP contribution in [-0.2, 0) is 18.3 Å². The largest absolute Gasteiger partial charge is 0.309 e. The monoisotopic (exact) mass is 382 g/mol. The summed E-state index contributed by atoms with van der Waals surface area (Å²) < 4.78 is 1.71. The number of hydrogen-bond donors (Lipinski definition) is 1. The van der Waals surface area contributed by atoms with E-state index in [1.807, 2.05) is 30.3 Å². The Kier molecular flexibility index (Phi) is 4.98. The van der Waals surface area contributed by atoms with Crippen molar-refractivity contribution in [1.82, 2.24) is 25.0 Å². The lowest BCUT2D eigenvalue weighted by Crippen LogP contribution is -2.42. The molecular weight excluding hydrogens is 360 g/mol. The van der Waals surface area contributed by atoms with Crippen LogP contribution in [0.25, 0.3) is 11.4 Å². The quantitative estimate of drug-likeness (QED) is 0.734. The third-order valence-corrected chi connectivity index (χ3v) is 5.86. The fourth-order valence-electron chi connectivity index (χ4n) is 3.21. The standard InChI is InChI=1S/C19H22N6OS/c1-3-13-6-8-14(9-7-13)17-21-19(23-22-17)27-16-5-4-10-25(18(16)26)15-11-20-24(2)12-15/h6-9,11-12,16H,3-5,10H2,1-2H3,(H,21,22,23). The molecule has 0 aliphatic carbocycles. The molecule has 1 aliphatic rings. The molecule has 8 heteroatoms. The summed E-state index contributed by atoms with van der Waals surface area (Å²) in [5, 5.41) is 11.9. The molecule has 0 bridgehead atoms. The average Bonchev–Trinajstić information content (AvgIpc) is 3.33. The normalized spacial score (nSPS) is 17.5. The number of hydrogen-bond acceptors (Lipinski definition) is 5. The second-order valence-corrected chi connectivity index (χ2v) is 7.80. The fourth-order valence-corrected chi connectivity index (χ4v) is 4.22. The summed E-state index contributed by atoms with van der Waals surface area (Å²) in [6.07, 6.45) is 6.39. The molecule has 0 spiro atoms. The first kappa shape index (κ1) is 17.8. The van der Waals surface area contributed by atoms with Crippen LogP contribution in [0.1, 0.15) is 25.3 Å². The van der Waals surface area contributed by atoms with E-state index < -0.39 is 0 Å². The SMILES string of the molecule is CCc1ccc(-c2nc(SC3CCCN(c4cnn(C)c4)C3=O)n[nH]2)cc1. The fraction of sp³-hybridized carbons (Fsp3) is 0.368. The molecule has 1 aromatic carbocycles. The summed E-state index contributed by atoms with van der Waals surface area (Å²) in [6, 6.07) is 8.29. The molecule has 7 nitrogen and oxygen atoms in total. The number of nitrogens with zero attached hydrogens (tertiary/aromatic N) is 5. The first-order valence-corrected chi connectivity index (χ1v) is 10.0. The topological polar surface area (TPSA) is 79.7 Å². The molecule has 0 radical (unpaired) electrons. The van der Waals surface area contributed by atoms with Gasteiger partial charge in [-0.05, 0) is 24.8 Å². The lowest BCUT2D eigenvalue weighted by atomic mass is 10.1. The zero-order valence-corrected chi connectivity index (χ0v) is 16.2. The number of piperidine rings is 1. The van der Waals surface area contributed by atoms with Gasteiger partial charge in [0, 0.05) is 25.4 Å². The van der Waals surface area contributed by atoms with Crippen molar-refractivity contribution in [3.63, 3.8) is 0 Å². The van der Waals surface area contributed by atoms with Gasteiger partial charge in [0.25, 0.3) is 0 Å². The number of rotatable bonds is 5. The minimum atomic E-state index is -0.176. The van der Waals surface area contributed by atoms with Crippen molar-refractivity contribution in [2.75, 3.05) is 11.4 Å². The summed E-state index contributed by atoms with van der Waals surface area (Å²) in [5.74, 6) is 0.824. The minimum absolute atomic E-state index is 0.0953. The Morgan fingerprint density at radius 3 is 2.81 bits per heavy atom. The number of amides is 1. The summed E-state index contributed by atoms with van der Waals surface area (Å²) >= 11 is 1.43. The van der Waals surface area contributed by atoms with Gasteiger partial charge in [0.15, 0.2) is 5.82 Å². The van der Waals surface area contributed by atoms with Crippen LogP contribution in [0.4, 0.5) is 5.69 Å². The van der Waals surface area contributed by atoms with Gasteiger partial charge in [0.2, 0.25) is 11.1 Å². The minimum Gasteiger partial charge on any atom is -0.309 e. The molecule has 140 valence electrons. The summed E-state index contributed by atoms with van der Waals surface area (Å²) in [6.45, 7) is 2.86. The van der Waals surface area contributed by atoms with Gasteiger partial charge < -0.3 is 4.90 Å². The van der Waals surface area contributed by atoms with Gasteiger partial charge in [0.1, 0.15) is 0 Å². The number of nitrogens with one attached hydrogen (secondary N) is 1. The van der Waals surface area contributed by atoms with Gasteiger partial charge in [-0.3, -0.25) is 14.6 Å². The molecule has 1 atom stereocenters. The number of anilines is 1. The highest BCUT2D eigenvalue weighted by Gasteiger charge is 2.32. The predicted molar refractivity (Wildman–Crippen MR) is 106 cm³/mol. The van der Waals surface area contributed by atoms with Crippen LogP contribution in [0.2, 0.25) is 0 Å². The molecule has 3 aromatic rings. The Bertz CT molecular complexity index is 932. The van der Waals surface area contributed by atoms with E-state index in [0.717, 1.165) is 42.9 Å². The highest BCUT2D eigenvalue weighted by molar-refractivity contribution is 8.00. The van der Waals surface area contributed by atoms with Crippen LogP contribution in [0.5, 0.6) is 0 Å². The van der Waals surface area contributed by atoms with Gasteiger partial charge in [0.05, 0.1) is 17.1 Å². The molecule has 0 saturated carbocycles. The van der Waals surface area contributed by atoms with Crippen molar-refractivity contribution in [2.24, 2.45) is 7.05 Å². The van der Waals surface area contributed by atoms with Gasteiger partial charge in [-0.25, -0.2) is 4.98 Å². The zero-order chi connectivity index (χ0) is 18.8. The summed E-state index contributed by atoms with van der Waals surface area (Å²) in [7, 11) is 1.85. The number of carbonyl (C=O) groups excluding carboxylic acids is 1. The molecule has 1 N–H and O–H groups in total. The van der Waals surface area contributed by atoms with Crippen molar-refractivity contribution in [2.45, 2.75) is 36.6 Å². The van der Waals surface area contributed by atoms with Crippen molar-refractivity contribution in [1.29, 1.82) is 0 Å². The zero-order valence-electron chi connectivity index (χ0n) is 15.4. The van der Waals surface area contributed by atoms with E-state index >= 15 is 0 Å². The lowest BCUT2D eigenvalue weighted by Gasteiger charge is -2.30. The molecule has 3 heterocycles. The van der Waals surface area contributed by atoms with E-state index in [1.54, 1.807) is 10.9 Å². The molecule has 1 amide bonds. The second-order valence-electron chi connectivity index (χ2n) is 6.63. The Morgan fingerprint density at radius 2 is 2.11 bits per heavy atom. The van der Waals surface area contributed by atoms with Crippen LogP contribution in [-0.4, -0.2) is 42.7 Å². The number of benzene rings is 1. The Morgan fingerprint density at radius 1 is 1.30 bits per heavy atom. The number of H-pyrrole nitrogens is 1. The molecular formula is C19H22N6OS. The smallest absolute Gasteiger partial charge is 0.240 e. The number of thioether (sulfide) groups is 1. The van der Waals surface area contributed by atoms with Gasteiger partial charge in [-0.1, -0.05) is 43.0 Å². The second kappa shape index (κ2) is 7.56.